The molecule has 0 bridgehead atoms. The molecule has 0 fully saturated rings. The van der Waals surface area contributed by atoms with Crippen molar-refractivity contribution < 1.29 is 5.11 Å². The van der Waals surface area contributed by atoms with Crippen LogP contribution in [0.1, 0.15) is 39.5 Å². The van der Waals surface area contributed by atoms with Gasteiger partial charge in [-0.25, -0.2) is 0 Å². The number of hydrogen-bond acceptors (Lipinski definition) is 2. The fourth-order valence-corrected chi connectivity index (χ4v) is 1.11. The monoisotopic (exact) mass is 159 g/mol. The smallest absolute Gasteiger partial charge is 0.0585 e. The van der Waals surface area contributed by atoms with Gasteiger partial charge in [0.1, 0.15) is 0 Å². The Bertz CT molecular complexity index is 85.6. The summed E-state index contributed by atoms with van der Waals surface area (Å²) in [5.74, 6) is 0.464. The van der Waals surface area contributed by atoms with Crippen molar-refractivity contribution in [2.75, 3.05) is 6.61 Å². The summed E-state index contributed by atoms with van der Waals surface area (Å²) < 4.78 is 0. The number of unbranched alkanes of at least 4 members (excludes halogenated alkanes) is 2. The molecule has 0 spiro atoms. The van der Waals surface area contributed by atoms with Gasteiger partial charge in [-0.15, -0.1) is 0 Å². The zero-order valence-corrected chi connectivity index (χ0v) is 7.71. The van der Waals surface area contributed by atoms with Gasteiger partial charge >= 0.3 is 0 Å². The molecule has 2 nitrogen and oxygen atoms in total. The highest BCUT2D eigenvalue weighted by atomic mass is 16.3. The van der Waals surface area contributed by atoms with Crippen LogP contribution >= 0.6 is 0 Å². The fourth-order valence-electron chi connectivity index (χ4n) is 1.11. The summed E-state index contributed by atoms with van der Waals surface area (Å²) in [7, 11) is 0. The summed E-state index contributed by atoms with van der Waals surface area (Å²) in [6.45, 7) is 4.42. The Morgan fingerprint density at radius 2 is 2.00 bits per heavy atom. The molecule has 2 unspecified atom stereocenters. The van der Waals surface area contributed by atoms with E-state index in [4.69, 9.17) is 10.8 Å². The third kappa shape index (κ3) is 5.22. The highest BCUT2D eigenvalue weighted by Gasteiger charge is 2.09. The average molecular weight is 159 g/mol. The second kappa shape index (κ2) is 6.62. The van der Waals surface area contributed by atoms with Crippen molar-refractivity contribution in [3.63, 3.8) is 0 Å². The molecule has 0 aliphatic heterocycles. The largest absolute Gasteiger partial charge is 0.395 e. The maximum atomic E-state index is 8.74. The molecule has 11 heavy (non-hydrogen) atoms. The summed E-state index contributed by atoms with van der Waals surface area (Å²) in [5, 5.41) is 8.74. The van der Waals surface area contributed by atoms with E-state index < -0.39 is 0 Å². The van der Waals surface area contributed by atoms with Crippen LogP contribution in [-0.4, -0.2) is 17.8 Å². The van der Waals surface area contributed by atoms with Gasteiger partial charge in [0.25, 0.3) is 0 Å². The van der Waals surface area contributed by atoms with E-state index in [1.54, 1.807) is 0 Å². The Kier molecular flexibility index (Phi) is 6.57. The van der Waals surface area contributed by atoms with Gasteiger partial charge in [-0.2, -0.15) is 0 Å². The van der Waals surface area contributed by atoms with E-state index in [0.717, 1.165) is 6.42 Å². The van der Waals surface area contributed by atoms with Crippen molar-refractivity contribution in [3.05, 3.63) is 0 Å². The molecule has 2 heteroatoms. The van der Waals surface area contributed by atoms with Gasteiger partial charge in [0.2, 0.25) is 0 Å². The molecule has 0 amide bonds. The molecule has 2 atom stereocenters. The van der Waals surface area contributed by atoms with Gasteiger partial charge in [-0.3, -0.25) is 0 Å². The Labute approximate surface area is 69.8 Å². The molecule has 0 aromatic carbocycles. The molecule has 0 rings (SSSR count). The van der Waals surface area contributed by atoms with E-state index >= 15 is 0 Å². The first-order valence-corrected chi connectivity index (χ1v) is 4.58. The first-order valence-electron chi connectivity index (χ1n) is 4.58. The first kappa shape index (κ1) is 10.9. The Hall–Kier alpha value is -0.0800. The van der Waals surface area contributed by atoms with E-state index in [0.29, 0.717) is 5.92 Å². The highest BCUT2D eigenvalue weighted by molar-refractivity contribution is 4.67. The highest BCUT2D eigenvalue weighted by Crippen LogP contribution is 2.11. The summed E-state index contributed by atoms with van der Waals surface area (Å²) in [4.78, 5) is 0. The molecule has 0 saturated carbocycles. The zero-order chi connectivity index (χ0) is 8.69. The molecule has 0 aromatic rings. The van der Waals surface area contributed by atoms with Crippen LogP contribution < -0.4 is 5.73 Å². The maximum absolute atomic E-state index is 8.74. The minimum Gasteiger partial charge on any atom is -0.395 e. The number of nitrogens with two attached hydrogens (primary N) is 1. The summed E-state index contributed by atoms with van der Waals surface area (Å²) >= 11 is 0. The third-order valence-electron chi connectivity index (χ3n) is 2.20. The molecular formula is C9H21NO. The molecule has 0 aliphatic carbocycles. The molecule has 0 saturated heterocycles. The summed E-state index contributed by atoms with van der Waals surface area (Å²) in [6.07, 6.45) is 4.92. The lowest BCUT2D eigenvalue weighted by atomic mass is 9.96. The van der Waals surface area contributed by atoms with Crippen LogP contribution in [0.4, 0.5) is 0 Å². The number of aliphatic hydroxyl groups is 1. The number of rotatable bonds is 6. The molecular weight excluding hydrogens is 138 g/mol. The van der Waals surface area contributed by atoms with Gasteiger partial charge in [0.05, 0.1) is 6.61 Å². The van der Waals surface area contributed by atoms with Crippen molar-refractivity contribution in [2.45, 2.75) is 45.6 Å². The van der Waals surface area contributed by atoms with Crippen LogP contribution in [0, 0.1) is 5.92 Å². The predicted octanol–water partition coefficient (Wildman–Crippen LogP) is 1.52. The number of hydrogen-bond donors (Lipinski definition) is 2. The Morgan fingerprint density at radius 1 is 1.36 bits per heavy atom. The van der Waals surface area contributed by atoms with Crippen LogP contribution in [0.5, 0.6) is 0 Å². The quantitative estimate of drug-likeness (QED) is 0.577. The van der Waals surface area contributed by atoms with Crippen LogP contribution in [-0.2, 0) is 0 Å². The first-order chi connectivity index (χ1) is 5.22. The average Bonchev–Trinajstić information content (AvgIpc) is 2.03. The zero-order valence-electron chi connectivity index (χ0n) is 7.71. The van der Waals surface area contributed by atoms with E-state index in [2.05, 4.69) is 13.8 Å². The normalized spacial score (nSPS) is 16.4. The van der Waals surface area contributed by atoms with Crippen LogP contribution in [0.2, 0.25) is 0 Å². The van der Waals surface area contributed by atoms with E-state index in [1.165, 1.54) is 19.3 Å². The molecule has 0 aromatic heterocycles. The predicted molar refractivity (Wildman–Crippen MR) is 48.4 cm³/mol. The lowest BCUT2D eigenvalue weighted by Gasteiger charge is -2.16. The lowest BCUT2D eigenvalue weighted by molar-refractivity contribution is 0.226. The second-order valence-electron chi connectivity index (χ2n) is 3.32. The van der Waals surface area contributed by atoms with Crippen LogP contribution in [0.25, 0.3) is 0 Å². The minimum atomic E-state index is -0.0214. The fraction of sp³-hybridized carbons (Fsp3) is 1.00. The third-order valence-corrected chi connectivity index (χ3v) is 2.20. The lowest BCUT2D eigenvalue weighted by Crippen LogP contribution is -2.31. The van der Waals surface area contributed by atoms with Gasteiger partial charge in [-0.05, 0) is 12.3 Å². The molecule has 3 N–H and O–H groups in total. The SMILES string of the molecule is CCCCCC(C)C(N)CO. The van der Waals surface area contributed by atoms with E-state index in [9.17, 15) is 0 Å². The van der Waals surface area contributed by atoms with Crippen molar-refractivity contribution in [1.29, 1.82) is 0 Å². The van der Waals surface area contributed by atoms with Crippen molar-refractivity contribution in [1.82, 2.24) is 0 Å². The maximum Gasteiger partial charge on any atom is 0.0585 e. The topological polar surface area (TPSA) is 46.2 Å². The van der Waals surface area contributed by atoms with Crippen molar-refractivity contribution >= 4 is 0 Å². The summed E-state index contributed by atoms with van der Waals surface area (Å²) in [5.41, 5.74) is 5.65. The van der Waals surface area contributed by atoms with E-state index in [-0.39, 0.29) is 12.6 Å². The van der Waals surface area contributed by atoms with Crippen LogP contribution in [0.15, 0.2) is 0 Å². The van der Waals surface area contributed by atoms with Gasteiger partial charge < -0.3 is 10.8 Å². The van der Waals surface area contributed by atoms with Gasteiger partial charge in [-0.1, -0.05) is 33.1 Å². The minimum absolute atomic E-state index is 0.0214. The molecule has 0 radical (unpaired) electrons. The van der Waals surface area contributed by atoms with E-state index in [1.807, 2.05) is 0 Å². The summed E-state index contributed by atoms with van der Waals surface area (Å²) in [6, 6.07) is -0.0214. The second-order valence-corrected chi connectivity index (χ2v) is 3.32. The van der Waals surface area contributed by atoms with Crippen molar-refractivity contribution in [3.8, 4) is 0 Å². The van der Waals surface area contributed by atoms with Gasteiger partial charge in [0, 0.05) is 6.04 Å². The van der Waals surface area contributed by atoms with Crippen LogP contribution in [0.3, 0.4) is 0 Å². The molecule has 0 aliphatic rings. The molecule has 68 valence electrons. The Balaban J connectivity index is 3.28. The number of aliphatic hydroxyl groups excluding tert-OH is 1. The molecule has 0 heterocycles. The Morgan fingerprint density at radius 3 is 2.45 bits per heavy atom. The van der Waals surface area contributed by atoms with Gasteiger partial charge in [0.15, 0.2) is 0 Å². The standard InChI is InChI=1S/C9H21NO/c1-3-4-5-6-8(2)9(10)7-11/h8-9,11H,3-7,10H2,1-2H3. The van der Waals surface area contributed by atoms with Crippen molar-refractivity contribution in [2.24, 2.45) is 11.7 Å².